The molecule has 3 nitrogen and oxygen atoms in total. The lowest BCUT2D eigenvalue weighted by Crippen LogP contribution is -2.20. The molecule has 1 fully saturated rings. The predicted molar refractivity (Wildman–Crippen MR) is 62.7 cm³/mol. The number of hydrogen-bond acceptors (Lipinski definition) is 3. The molecule has 18 heavy (non-hydrogen) atoms. The molecule has 1 heterocycles. The molecule has 0 amide bonds. The van der Waals surface area contributed by atoms with Gasteiger partial charge in [-0.1, -0.05) is 0 Å². The lowest BCUT2D eigenvalue weighted by atomic mass is 10.1. The smallest absolute Gasteiger partial charge is 0.422 e. The van der Waals surface area contributed by atoms with Crippen molar-refractivity contribution in [1.82, 2.24) is 4.98 Å². The Morgan fingerprint density at radius 3 is 2.67 bits per heavy atom. The number of alkyl halides is 3. The van der Waals surface area contributed by atoms with Crippen LogP contribution in [0.3, 0.4) is 0 Å². The fraction of sp³-hybridized carbons (Fsp3) is 0.545. The third-order valence-electron chi connectivity index (χ3n) is 2.66. The summed E-state index contributed by atoms with van der Waals surface area (Å²) in [5.74, 6) is 0.406. The van der Waals surface area contributed by atoms with Crippen LogP contribution in [0.1, 0.15) is 24.4 Å². The van der Waals surface area contributed by atoms with Gasteiger partial charge < -0.3 is 10.5 Å². The number of hydrogen-bond donors (Lipinski definition) is 1. The Labute approximate surface area is 109 Å². The molecular formula is C11H14ClF3N2O. The standard InChI is InChI=1S/C11H13F3N2O.ClH/c12-11(13,14)6-17-9-5-8(3-4-16-9)10(15)7-1-2-7;/h3-5,7,10H,1-2,6,15H2;1H. The maximum atomic E-state index is 12.0. The molecule has 102 valence electrons. The van der Waals surface area contributed by atoms with Crippen molar-refractivity contribution < 1.29 is 17.9 Å². The van der Waals surface area contributed by atoms with Crippen LogP contribution >= 0.6 is 12.4 Å². The molecule has 0 radical (unpaired) electrons. The van der Waals surface area contributed by atoms with Crippen LogP contribution in [0.4, 0.5) is 13.2 Å². The number of rotatable bonds is 4. The predicted octanol–water partition coefficient (Wildman–Crippen LogP) is 2.85. The van der Waals surface area contributed by atoms with Crippen LogP contribution in [0.2, 0.25) is 0 Å². The minimum Gasteiger partial charge on any atom is -0.468 e. The summed E-state index contributed by atoms with van der Waals surface area (Å²) in [6.45, 7) is -1.33. The van der Waals surface area contributed by atoms with Gasteiger partial charge in [0.2, 0.25) is 5.88 Å². The number of nitrogens with two attached hydrogens (primary N) is 1. The van der Waals surface area contributed by atoms with Gasteiger partial charge in [0, 0.05) is 18.3 Å². The van der Waals surface area contributed by atoms with Gasteiger partial charge in [0.05, 0.1) is 0 Å². The molecular weight excluding hydrogens is 269 g/mol. The van der Waals surface area contributed by atoms with Gasteiger partial charge in [-0.05, 0) is 30.4 Å². The fourth-order valence-corrected chi connectivity index (χ4v) is 1.59. The average molecular weight is 283 g/mol. The van der Waals surface area contributed by atoms with Gasteiger partial charge in [-0.2, -0.15) is 13.2 Å². The highest BCUT2D eigenvalue weighted by Crippen LogP contribution is 2.39. The van der Waals surface area contributed by atoms with Gasteiger partial charge in [0.15, 0.2) is 6.61 Å². The molecule has 0 spiro atoms. The molecule has 1 saturated carbocycles. The zero-order valence-electron chi connectivity index (χ0n) is 9.48. The maximum Gasteiger partial charge on any atom is 0.422 e. The first-order chi connectivity index (χ1) is 7.96. The summed E-state index contributed by atoms with van der Waals surface area (Å²) in [7, 11) is 0. The van der Waals surface area contributed by atoms with Crippen molar-refractivity contribution in [2.45, 2.75) is 25.1 Å². The van der Waals surface area contributed by atoms with Gasteiger partial charge in [-0.3, -0.25) is 0 Å². The largest absolute Gasteiger partial charge is 0.468 e. The molecule has 0 bridgehead atoms. The van der Waals surface area contributed by atoms with Crippen LogP contribution in [-0.2, 0) is 0 Å². The number of halogens is 4. The van der Waals surface area contributed by atoms with Gasteiger partial charge in [-0.25, -0.2) is 4.98 Å². The normalized spacial score (nSPS) is 16.9. The van der Waals surface area contributed by atoms with Crippen LogP contribution in [0.15, 0.2) is 18.3 Å². The number of nitrogens with zero attached hydrogens (tertiary/aromatic N) is 1. The van der Waals surface area contributed by atoms with E-state index in [2.05, 4.69) is 9.72 Å². The van der Waals surface area contributed by atoms with Crippen molar-refractivity contribution in [3.8, 4) is 5.88 Å². The summed E-state index contributed by atoms with van der Waals surface area (Å²) in [4.78, 5) is 3.73. The van der Waals surface area contributed by atoms with Crippen LogP contribution in [0.5, 0.6) is 5.88 Å². The van der Waals surface area contributed by atoms with Crippen molar-refractivity contribution in [2.75, 3.05) is 6.61 Å². The molecule has 1 unspecified atom stereocenters. The zero-order valence-corrected chi connectivity index (χ0v) is 10.3. The molecule has 1 aliphatic rings. The number of aromatic nitrogens is 1. The molecule has 0 saturated heterocycles. The Morgan fingerprint density at radius 1 is 1.44 bits per heavy atom. The first kappa shape index (κ1) is 15.0. The Balaban J connectivity index is 0.00000162. The van der Waals surface area contributed by atoms with Crippen molar-refractivity contribution in [2.24, 2.45) is 11.7 Å². The Bertz CT molecular complexity index is 396. The first-order valence-electron chi connectivity index (χ1n) is 5.37. The second-order valence-electron chi connectivity index (χ2n) is 4.19. The van der Waals surface area contributed by atoms with Gasteiger partial charge in [-0.15, -0.1) is 12.4 Å². The van der Waals surface area contributed by atoms with Crippen LogP contribution in [-0.4, -0.2) is 17.8 Å². The Kier molecular flexibility index (Phi) is 4.81. The van der Waals surface area contributed by atoms with Crippen molar-refractivity contribution in [3.05, 3.63) is 23.9 Å². The van der Waals surface area contributed by atoms with E-state index in [0.717, 1.165) is 18.4 Å². The molecule has 0 aromatic carbocycles. The zero-order chi connectivity index (χ0) is 12.5. The lowest BCUT2D eigenvalue weighted by Gasteiger charge is -2.12. The van der Waals surface area contributed by atoms with Gasteiger partial charge in [0.25, 0.3) is 0 Å². The minimum absolute atomic E-state index is 0. The van der Waals surface area contributed by atoms with Crippen LogP contribution in [0.25, 0.3) is 0 Å². The highest BCUT2D eigenvalue weighted by Gasteiger charge is 2.31. The molecule has 1 aromatic heterocycles. The minimum atomic E-state index is -4.35. The second-order valence-corrected chi connectivity index (χ2v) is 4.19. The first-order valence-corrected chi connectivity index (χ1v) is 5.37. The number of ether oxygens (including phenoxy) is 1. The highest BCUT2D eigenvalue weighted by atomic mass is 35.5. The summed E-state index contributed by atoms with van der Waals surface area (Å²) in [6, 6.07) is 3.06. The summed E-state index contributed by atoms with van der Waals surface area (Å²) < 4.78 is 40.5. The molecule has 1 aliphatic carbocycles. The third-order valence-corrected chi connectivity index (χ3v) is 2.66. The van der Waals surface area contributed by atoms with Gasteiger partial charge >= 0.3 is 6.18 Å². The SMILES string of the molecule is Cl.NC(c1ccnc(OCC(F)(F)F)c1)C1CC1. The number of pyridine rings is 1. The van der Waals surface area contributed by atoms with E-state index in [4.69, 9.17) is 5.73 Å². The lowest BCUT2D eigenvalue weighted by molar-refractivity contribution is -0.154. The fourth-order valence-electron chi connectivity index (χ4n) is 1.59. The van der Waals surface area contributed by atoms with E-state index in [1.807, 2.05) is 0 Å². The summed E-state index contributed by atoms with van der Waals surface area (Å²) >= 11 is 0. The molecule has 2 N–H and O–H groups in total. The average Bonchev–Trinajstić information content (AvgIpc) is 3.09. The van der Waals surface area contributed by atoms with E-state index in [0.29, 0.717) is 5.92 Å². The summed E-state index contributed by atoms with van der Waals surface area (Å²) in [5.41, 5.74) is 6.72. The second kappa shape index (κ2) is 5.75. The molecule has 2 rings (SSSR count). The molecule has 0 aliphatic heterocycles. The van der Waals surface area contributed by atoms with Crippen LogP contribution in [0, 0.1) is 5.92 Å². The van der Waals surface area contributed by atoms with Crippen molar-refractivity contribution >= 4 is 12.4 Å². The molecule has 7 heteroatoms. The Hall–Kier alpha value is -1.01. The monoisotopic (exact) mass is 282 g/mol. The molecule has 1 aromatic rings. The molecule has 1 atom stereocenters. The quantitative estimate of drug-likeness (QED) is 0.924. The van der Waals surface area contributed by atoms with E-state index >= 15 is 0 Å². The summed E-state index contributed by atoms with van der Waals surface area (Å²) in [6.07, 6.45) is -0.788. The van der Waals surface area contributed by atoms with Crippen molar-refractivity contribution in [3.63, 3.8) is 0 Å². The van der Waals surface area contributed by atoms with Crippen molar-refractivity contribution in [1.29, 1.82) is 0 Å². The topological polar surface area (TPSA) is 48.1 Å². The maximum absolute atomic E-state index is 12.0. The van der Waals surface area contributed by atoms with E-state index in [-0.39, 0.29) is 24.3 Å². The highest BCUT2D eigenvalue weighted by molar-refractivity contribution is 5.85. The van der Waals surface area contributed by atoms with Gasteiger partial charge in [0.1, 0.15) is 0 Å². The van der Waals surface area contributed by atoms with Crippen LogP contribution < -0.4 is 10.5 Å². The Morgan fingerprint density at radius 2 is 2.11 bits per heavy atom. The third kappa shape index (κ3) is 4.34. The van der Waals surface area contributed by atoms with E-state index in [9.17, 15) is 13.2 Å². The van der Waals surface area contributed by atoms with E-state index in [1.165, 1.54) is 12.3 Å². The van der Waals surface area contributed by atoms with E-state index < -0.39 is 12.8 Å². The van der Waals surface area contributed by atoms with E-state index in [1.54, 1.807) is 6.07 Å². The summed E-state index contributed by atoms with van der Waals surface area (Å²) in [5, 5.41) is 0.